The topological polar surface area (TPSA) is 44.1 Å². The number of carbonyl (C=O) groups is 1. The van der Waals surface area contributed by atoms with Crippen molar-refractivity contribution in [1.29, 1.82) is 5.26 Å². The Morgan fingerprint density at radius 1 is 1.47 bits per heavy atom. The van der Waals surface area contributed by atoms with Gasteiger partial charge in [-0.25, -0.2) is 0 Å². The highest BCUT2D eigenvalue weighted by atomic mass is 35.5. The summed E-state index contributed by atoms with van der Waals surface area (Å²) in [4.78, 5) is 14.2. The number of amides is 1. The zero-order chi connectivity index (χ0) is 14.4. The molecule has 0 spiro atoms. The average molecular weight is 279 g/mol. The molecule has 4 heteroatoms. The molecule has 0 saturated heterocycles. The Morgan fingerprint density at radius 3 is 2.74 bits per heavy atom. The van der Waals surface area contributed by atoms with Gasteiger partial charge in [-0.15, -0.1) is 0 Å². The third-order valence-corrected chi connectivity index (χ3v) is 3.27. The van der Waals surface area contributed by atoms with Crippen molar-refractivity contribution in [3.05, 3.63) is 34.3 Å². The molecule has 1 amide bonds. The van der Waals surface area contributed by atoms with Crippen molar-refractivity contribution < 1.29 is 4.79 Å². The summed E-state index contributed by atoms with van der Waals surface area (Å²) in [5.41, 5.74) is 1.41. The highest BCUT2D eigenvalue weighted by Gasteiger charge is 2.19. The maximum atomic E-state index is 12.5. The lowest BCUT2D eigenvalue weighted by atomic mass is 10.1. The zero-order valence-electron chi connectivity index (χ0n) is 11.6. The molecular weight excluding hydrogens is 260 g/mol. The molecule has 0 unspecified atom stereocenters. The van der Waals surface area contributed by atoms with Crippen LogP contribution in [0.1, 0.15) is 36.2 Å². The maximum absolute atomic E-state index is 12.5. The van der Waals surface area contributed by atoms with Crippen LogP contribution in [0.3, 0.4) is 0 Å². The normalized spacial score (nSPS) is 10.3. The molecule has 1 aromatic rings. The number of rotatable bonds is 5. The van der Waals surface area contributed by atoms with E-state index in [-0.39, 0.29) is 5.91 Å². The third-order valence-electron chi connectivity index (χ3n) is 2.86. The monoisotopic (exact) mass is 278 g/mol. The van der Waals surface area contributed by atoms with Crippen LogP contribution in [0, 0.1) is 24.2 Å². The van der Waals surface area contributed by atoms with Gasteiger partial charge in [0.2, 0.25) is 0 Å². The number of hydrogen-bond donors (Lipinski definition) is 0. The van der Waals surface area contributed by atoms with Crippen molar-refractivity contribution in [2.24, 2.45) is 5.92 Å². The minimum absolute atomic E-state index is 0.0519. The van der Waals surface area contributed by atoms with E-state index in [9.17, 15) is 4.79 Å². The summed E-state index contributed by atoms with van der Waals surface area (Å²) in [5, 5.41) is 9.28. The predicted octanol–water partition coefficient (Wildman–Crippen LogP) is 3.66. The van der Waals surface area contributed by atoms with Crippen molar-refractivity contribution in [2.45, 2.75) is 27.2 Å². The fourth-order valence-electron chi connectivity index (χ4n) is 1.91. The molecule has 0 fully saturated rings. The first kappa shape index (κ1) is 15.5. The number of benzene rings is 1. The van der Waals surface area contributed by atoms with Crippen LogP contribution in [0.2, 0.25) is 5.02 Å². The second kappa shape index (κ2) is 7.16. The number of nitrogens with zero attached hydrogens (tertiary/aromatic N) is 2. The number of nitriles is 1. The second-order valence-corrected chi connectivity index (χ2v) is 5.37. The molecule has 102 valence electrons. The quantitative estimate of drug-likeness (QED) is 0.825. The SMILES string of the molecule is Cc1c(Cl)cccc1C(=O)N(CCC#N)CC(C)C. The summed E-state index contributed by atoms with van der Waals surface area (Å²) in [5.74, 6) is 0.311. The lowest BCUT2D eigenvalue weighted by Gasteiger charge is -2.24. The van der Waals surface area contributed by atoms with Gasteiger partial charge in [-0.05, 0) is 30.5 Å². The van der Waals surface area contributed by atoms with Gasteiger partial charge in [0.25, 0.3) is 5.91 Å². The van der Waals surface area contributed by atoms with E-state index in [2.05, 4.69) is 19.9 Å². The third kappa shape index (κ3) is 4.25. The van der Waals surface area contributed by atoms with Crippen LogP contribution in [-0.4, -0.2) is 23.9 Å². The van der Waals surface area contributed by atoms with E-state index in [1.165, 1.54) is 0 Å². The number of halogens is 1. The second-order valence-electron chi connectivity index (χ2n) is 4.97. The fourth-order valence-corrected chi connectivity index (χ4v) is 2.09. The summed E-state index contributed by atoms with van der Waals surface area (Å²) >= 11 is 6.05. The van der Waals surface area contributed by atoms with Crippen molar-refractivity contribution >= 4 is 17.5 Å². The van der Waals surface area contributed by atoms with Crippen LogP contribution >= 0.6 is 11.6 Å². The van der Waals surface area contributed by atoms with Crippen LogP contribution in [0.5, 0.6) is 0 Å². The van der Waals surface area contributed by atoms with Gasteiger partial charge in [0.15, 0.2) is 0 Å². The molecule has 0 aliphatic carbocycles. The van der Waals surface area contributed by atoms with E-state index in [0.717, 1.165) is 5.56 Å². The molecule has 0 bridgehead atoms. The van der Waals surface area contributed by atoms with Crippen molar-refractivity contribution in [3.8, 4) is 6.07 Å². The Balaban J connectivity index is 2.98. The summed E-state index contributed by atoms with van der Waals surface area (Å²) in [7, 11) is 0. The van der Waals surface area contributed by atoms with E-state index in [0.29, 0.717) is 36.0 Å². The molecule has 0 aliphatic heterocycles. The highest BCUT2D eigenvalue weighted by Crippen LogP contribution is 2.20. The first-order chi connectivity index (χ1) is 8.97. The first-order valence-corrected chi connectivity index (χ1v) is 6.76. The number of hydrogen-bond acceptors (Lipinski definition) is 2. The predicted molar refractivity (Wildman–Crippen MR) is 77.2 cm³/mol. The Labute approximate surface area is 119 Å². The Bertz CT molecular complexity index is 491. The summed E-state index contributed by atoms with van der Waals surface area (Å²) < 4.78 is 0. The average Bonchev–Trinajstić information content (AvgIpc) is 2.36. The first-order valence-electron chi connectivity index (χ1n) is 6.38. The lowest BCUT2D eigenvalue weighted by molar-refractivity contribution is 0.0739. The van der Waals surface area contributed by atoms with Crippen molar-refractivity contribution in [2.75, 3.05) is 13.1 Å². The molecule has 0 atom stereocenters. The van der Waals surface area contributed by atoms with Gasteiger partial charge in [0, 0.05) is 23.7 Å². The molecule has 0 heterocycles. The van der Waals surface area contributed by atoms with Gasteiger partial charge in [0.05, 0.1) is 12.5 Å². The molecule has 3 nitrogen and oxygen atoms in total. The summed E-state index contributed by atoms with van der Waals surface area (Å²) in [6.07, 6.45) is 0.345. The Kier molecular flexibility index (Phi) is 5.85. The van der Waals surface area contributed by atoms with Gasteiger partial charge in [0.1, 0.15) is 0 Å². The Hall–Kier alpha value is -1.53. The molecule has 0 N–H and O–H groups in total. The minimum atomic E-state index is -0.0519. The van der Waals surface area contributed by atoms with Gasteiger partial charge in [-0.1, -0.05) is 31.5 Å². The summed E-state index contributed by atoms with van der Waals surface area (Å²) in [6, 6.07) is 7.42. The van der Waals surface area contributed by atoms with E-state index in [1.807, 2.05) is 6.92 Å². The van der Waals surface area contributed by atoms with E-state index in [4.69, 9.17) is 16.9 Å². The maximum Gasteiger partial charge on any atom is 0.254 e. The van der Waals surface area contributed by atoms with E-state index in [1.54, 1.807) is 23.1 Å². The Morgan fingerprint density at radius 2 is 2.16 bits per heavy atom. The van der Waals surface area contributed by atoms with Crippen molar-refractivity contribution in [3.63, 3.8) is 0 Å². The molecule has 19 heavy (non-hydrogen) atoms. The van der Waals surface area contributed by atoms with E-state index >= 15 is 0 Å². The minimum Gasteiger partial charge on any atom is -0.337 e. The molecule has 0 aliphatic rings. The van der Waals surface area contributed by atoms with Crippen molar-refractivity contribution in [1.82, 2.24) is 4.90 Å². The molecule has 0 saturated carbocycles. The standard InChI is InChI=1S/C15H19ClN2O/c1-11(2)10-18(9-5-8-17)15(19)13-6-4-7-14(16)12(13)3/h4,6-7,11H,5,9-10H2,1-3H3. The molecule has 0 aromatic heterocycles. The van der Waals surface area contributed by atoms with Gasteiger partial charge in [-0.2, -0.15) is 5.26 Å². The van der Waals surface area contributed by atoms with Crippen LogP contribution in [-0.2, 0) is 0 Å². The van der Waals surface area contributed by atoms with Gasteiger partial charge >= 0.3 is 0 Å². The van der Waals surface area contributed by atoms with Crippen LogP contribution < -0.4 is 0 Å². The van der Waals surface area contributed by atoms with Crippen LogP contribution in [0.15, 0.2) is 18.2 Å². The molecule has 1 rings (SSSR count). The molecular formula is C15H19ClN2O. The van der Waals surface area contributed by atoms with E-state index < -0.39 is 0 Å². The zero-order valence-corrected chi connectivity index (χ0v) is 12.4. The summed E-state index contributed by atoms with van der Waals surface area (Å²) in [6.45, 7) is 7.05. The van der Waals surface area contributed by atoms with Gasteiger partial charge in [-0.3, -0.25) is 4.79 Å². The lowest BCUT2D eigenvalue weighted by Crippen LogP contribution is -2.35. The fraction of sp³-hybridized carbons (Fsp3) is 0.467. The van der Waals surface area contributed by atoms with Gasteiger partial charge < -0.3 is 4.90 Å². The highest BCUT2D eigenvalue weighted by molar-refractivity contribution is 6.31. The molecule has 1 aromatic carbocycles. The smallest absolute Gasteiger partial charge is 0.254 e. The molecule has 0 radical (unpaired) electrons. The largest absolute Gasteiger partial charge is 0.337 e. The van der Waals surface area contributed by atoms with Crippen LogP contribution in [0.4, 0.5) is 0 Å². The number of carbonyl (C=O) groups excluding carboxylic acids is 1. The van der Waals surface area contributed by atoms with Crippen LogP contribution in [0.25, 0.3) is 0 Å².